The zero-order valence-electron chi connectivity index (χ0n) is 13.7. The largest absolute Gasteiger partial charge is 0.385 e. The van der Waals surface area contributed by atoms with Crippen LogP contribution in [0.3, 0.4) is 0 Å². The molecule has 134 valence electrons. The summed E-state index contributed by atoms with van der Waals surface area (Å²) in [4.78, 5) is 0. The Morgan fingerprint density at radius 1 is 1.24 bits per heavy atom. The molecule has 3 fully saturated rings. The maximum atomic E-state index is 12.5. The number of rotatable bonds is 3. The van der Waals surface area contributed by atoms with Crippen molar-refractivity contribution in [2.75, 3.05) is 13.1 Å². The van der Waals surface area contributed by atoms with Gasteiger partial charge in [-0.05, 0) is 55.2 Å². The average Bonchev–Trinajstić information content (AvgIpc) is 3.07. The van der Waals surface area contributed by atoms with Crippen molar-refractivity contribution in [2.45, 2.75) is 36.5 Å². The van der Waals surface area contributed by atoms with Crippen LogP contribution in [-0.2, 0) is 15.6 Å². The van der Waals surface area contributed by atoms with Crippen LogP contribution < -0.4 is 0 Å². The van der Waals surface area contributed by atoms with Crippen molar-refractivity contribution in [3.05, 3.63) is 28.9 Å². The standard InChI is InChI=1S/C17H20ClN3O3S/c18-12-3-15(14-7-19-20-16(14)4-12)17(22)5-10-8-21(9-11(10)6-17)25(23,24)13-1-2-13/h3-4,7,10-11,13,22H,1-2,5-6,8-9H2,(H,19,20)/t10-,11+,17+. The molecule has 8 heteroatoms. The van der Waals surface area contributed by atoms with Crippen molar-refractivity contribution in [1.29, 1.82) is 0 Å². The third-order valence-electron chi connectivity index (χ3n) is 6.07. The van der Waals surface area contributed by atoms with Gasteiger partial charge in [0.2, 0.25) is 10.0 Å². The number of nitrogens with one attached hydrogen (secondary N) is 1. The van der Waals surface area contributed by atoms with Gasteiger partial charge in [-0.3, -0.25) is 5.10 Å². The Balaban J connectivity index is 1.44. The number of sulfonamides is 1. The van der Waals surface area contributed by atoms with Gasteiger partial charge < -0.3 is 5.11 Å². The first-order chi connectivity index (χ1) is 11.9. The molecule has 1 aromatic heterocycles. The zero-order valence-corrected chi connectivity index (χ0v) is 15.2. The first kappa shape index (κ1) is 16.1. The van der Waals surface area contributed by atoms with Gasteiger partial charge in [0.1, 0.15) is 0 Å². The predicted octanol–water partition coefficient (Wildman–Crippen LogP) is 2.24. The van der Waals surface area contributed by atoms with Crippen LogP contribution in [0.1, 0.15) is 31.2 Å². The highest BCUT2D eigenvalue weighted by atomic mass is 35.5. The van der Waals surface area contributed by atoms with Crippen molar-refractivity contribution in [1.82, 2.24) is 14.5 Å². The molecule has 5 rings (SSSR count). The minimum Gasteiger partial charge on any atom is -0.385 e. The van der Waals surface area contributed by atoms with Crippen LogP contribution in [0.5, 0.6) is 0 Å². The molecule has 2 saturated carbocycles. The first-order valence-corrected chi connectivity index (χ1v) is 10.6. The molecule has 1 saturated heterocycles. The van der Waals surface area contributed by atoms with Gasteiger partial charge in [0, 0.05) is 23.5 Å². The molecular weight excluding hydrogens is 362 g/mol. The minimum atomic E-state index is -3.13. The lowest BCUT2D eigenvalue weighted by molar-refractivity contribution is 0.0353. The number of aromatic nitrogens is 2. The minimum absolute atomic E-state index is 0.163. The maximum Gasteiger partial charge on any atom is 0.216 e. The second-order valence-electron chi connectivity index (χ2n) is 7.81. The van der Waals surface area contributed by atoms with E-state index in [1.54, 1.807) is 16.6 Å². The Morgan fingerprint density at radius 2 is 1.92 bits per heavy atom. The van der Waals surface area contributed by atoms with Gasteiger partial charge in [-0.1, -0.05) is 11.6 Å². The topological polar surface area (TPSA) is 86.3 Å². The first-order valence-electron chi connectivity index (χ1n) is 8.71. The highest BCUT2D eigenvalue weighted by Crippen LogP contribution is 2.51. The van der Waals surface area contributed by atoms with Crippen LogP contribution in [-0.4, -0.2) is 46.4 Å². The van der Waals surface area contributed by atoms with Gasteiger partial charge in [-0.2, -0.15) is 5.10 Å². The Labute approximate surface area is 151 Å². The van der Waals surface area contributed by atoms with E-state index >= 15 is 0 Å². The number of halogens is 1. The fraction of sp³-hybridized carbons (Fsp3) is 0.588. The Hall–Kier alpha value is -1.15. The van der Waals surface area contributed by atoms with E-state index in [4.69, 9.17) is 11.6 Å². The van der Waals surface area contributed by atoms with E-state index in [0.29, 0.717) is 31.0 Å². The van der Waals surface area contributed by atoms with Gasteiger partial charge in [0.15, 0.2) is 0 Å². The summed E-state index contributed by atoms with van der Waals surface area (Å²) in [7, 11) is -3.13. The van der Waals surface area contributed by atoms with Crippen molar-refractivity contribution in [2.24, 2.45) is 11.8 Å². The molecule has 6 nitrogen and oxygen atoms in total. The van der Waals surface area contributed by atoms with Crippen molar-refractivity contribution in [3.8, 4) is 0 Å². The molecule has 3 atom stereocenters. The van der Waals surface area contributed by atoms with Gasteiger partial charge in [-0.25, -0.2) is 12.7 Å². The van der Waals surface area contributed by atoms with E-state index in [0.717, 1.165) is 29.3 Å². The molecule has 3 aliphatic rings. The summed E-state index contributed by atoms with van der Waals surface area (Å²) in [6, 6.07) is 3.62. The van der Waals surface area contributed by atoms with Crippen LogP contribution >= 0.6 is 11.6 Å². The lowest BCUT2D eigenvalue weighted by Crippen LogP contribution is -2.34. The molecule has 2 N–H and O–H groups in total. The third-order valence-corrected chi connectivity index (χ3v) is 8.62. The number of benzene rings is 1. The van der Waals surface area contributed by atoms with Gasteiger partial charge in [0.25, 0.3) is 0 Å². The fourth-order valence-corrected chi connectivity index (χ4v) is 6.88. The summed E-state index contributed by atoms with van der Waals surface area (Å²) in [5.74, 6) is 0.388. The Morgan fingerprint density at radius 3 is 2.56 bits per heavy atom. The van der Waals surface area contributed by atoms with E-state index in [9.17, 15) is 13.5 Å². The van der Waals surface area contributed by atoms with Crippen molar-refractivity contribution in [3.63, 3.8) is 0 Å². The molecule has 0 bridgehead atoms. The monoisotopic (exact) mass is 381 g/mol. The average molecular weight is 382 g/mol. The number of aliphatic hydroxyl groups is 1. The summed E-state index contributed by atoms with van der Waals surface area (Å²) >= 11 is 6.22. The molecule has 2 heterocycles. The van der Waals surface area contributed by atoms with Gasteiger partial charge >= 0.3 is 0 Å². The number of hydrogen-bond acceptors (Lipinski definition) is 4. The van der Waals surface area contributed by atoms with Gasteiger partial charge in [0.05, 0.1) is 22.6 Å². The van der Waals surface area contributed by atoms with E-state index in [1.807, 2.05) is 6.07 Å². The van der Waals surface area contributed by atoms with E-state index < -0.39 is 15.6 Å². The zero-order chi connectivity index (χ0) is 17.4. The van der Waals surface area contributed by atoms with Crippen LogP contribution in [0.15, 0.2) is 18.3 Å². The number of nitrogens with zero attached hydrogens (tertiary/aromatic N) is 2. The normalized spacial score (nSPS) is 33.2. The molecule has 0 unspecified atom stereocenters. The molecule has 2 aromatic rings. The van der Waals surface area contributed by atoms with E-state index in [1.165, 1.54) is 0 Å². The summed E-state index contributed by atoms with van der Waals surface area (Å²) in [6.07, 6.45) is 4.43. The second-order valence-corrected chi connectivity index (χ2v) is 10.5. The molecule has 0 amide bonds. The Kier molecular flexibility index (Phi) is 3.33. The Bertz CT molecular complexity index is 939. The summed E-state index contributed by atoms with van der Waals surface area (Å²) in [5.41, 5.74) is 0.637. The molecule has 2 aliphatic carbocycles. The van der Waals surface area contributed by atoms with E-state index in [2.05, 4.69) is 10.2 Å². The van der Waals surface area contributed by atoms with Crippen molar-refractivity contribution < 1.29 is 13.5 Å². The van der Waals surface area contributed by atoms with Crippen LogP contribution in [0.4, 0.5) is 0 Å². The molecule has 0 radical (unpaired) electrons. The molecular formula is C17H20ClN3O3S. The highest BCUT2D eigenvalue weighted by molar-refractivity contribution is 7.90. The number of hydrogen-bond donors (Lipinski definition) is 2. The summed E-state index contributed by atoms with van der Waals surface area (Å²) in [5, 5.41) is 19.6. The number of aromatic amines is 1. The van der Waals surface area contributed by atoms with Crippen molar-refractivity contribution >= 4 is 32.5 Å². The summed E-state index contributed by atoms with van der Waals surface area (Å²) < 4.78 is 26.6. The van der Waals surface area contributed by atoms with Crippen LogP contribution in [0.2, 0.25) is 5.02 Å². The quantitative estimate of drug-likeness (QED) is 0.853. The lowest BCUT2D eigenvalue weighted by Gasteiger charge is -2.27. The predicted molar refractivity (Wildman–Crippen MR) is 94.7 cm³/mol. The van der Waals surface area contributed by atoms with Crippen LogP contribution in [0, 0.1) is 11.8 Å². The second kappa shape index (κ2) is 5.19. The SMILES string of the molecule is O=S(=O)(C1CC1)N1C[C@@H]2C[C@](O)(c3cc(Cl)cc4[nH]ncc34)C[C@@H]2C1. The smallest absolute Gasteiger partial charge is 0.216 e. The highest BCUT2D eigenvalue weighted by Gasteiger charge is 2.53. The summed E-state index contributed by atoms with van der Waals surface area (Å²) in [6.45, 7) is 1.06. The molecule has 1 aliphatic heterocycles. The number of fused-ring (bicyclic) bond motifs is 2. The number of H-pyrrole nitrogens is 1. The molecule has 1 aromatic carbocycles. The van der Waals surface area contributed by atoms with Crippen LogP contribution in [0.25, 0.3) is 10.9 Å². The molecule has 25 heavy (non-hydrogen) atoms. The molecule has 0 spiro atoms. The fourth-order valence-electron chi connectivity index (χ4n) is 4.71. The lowest BCUT2D eigenvalue weighted by atomic mass is 9.88. The van der Waals surface area contributed by atoms with Gasteiger partial charge in [-0.15, -0.1) is 0 Å². The van der Waals surface area contributed by atoms with E-state index in [-0.39, 0.29) is 17.1 Å². The maximum absolute atomic E-state index is 12.5. The third kappa shape index (κ3) is 2.44.